The van der Waals surface area contributed by atoms with Gasteiger partial charge in [-0.25, -0.2) is 0 Å². The first-order valence-electron chi connectivity index (χ1n) is 14.0. The summed E-state index contributed by atoms with van der Waals surface area (Å²) in [5.74, 6) is -3.09. The van der Waals surface area contributed by atoms with Gasteiger partial charge >= 0.3 is 11.9 Å². The Labute approximate surface area is 262 Å². The largest absolute Gasteiger partial charge is 0.504 e. The summed E-state index contributed by atoms with van der Waals surface area (Å²) in [6.45, 7) is -0.518. The monoisotopic (exact) mass is 664 g/mol. The van der Waals surface area contributed by atoms with Gasteiger partial charge in [-0.3, -0.25) is 9.59 Å². The molecule has 0 saturated carbocycles. The lowest BCUT2D eigenvalue weighted by molar-refractivity contribution is -0.325. The molecule has 2 fully saturated rings. The average molecular weight is 665 g/mol. The fourth-order valence-corrected chi connectivity index (χ4v) is 4.85. The van der Waals surface area contributed by atoms with E-state index in [0.29, 0.717) is 5.56 Å². The van der Waals surface area contributed by atoms with E-state index in [-0.39, 0.29) is 18.1 Å². The number of aliphatic hydroxyl groups is 8. The number of carboxylic acids is 1. The van der Waals surface area contributed by atoms with E-state index in [9.17, 15) is 60.7 Å². The van der Waals surface area contributed by atoms with Crippen LogP contribution in [0.25, 0.3) is 6.08 Å². The SMILES string of the molecule is COc1cc(/C=C\COC(=O)CC(C)(CC(=O)O)O[C@@H]2O[C@H](CO)[C@@H](O)[C@H](O)[C@H]2O)cc(O)c1O[C@@H]1O[C@H](CO)[C@@H](O)[C@H](O)[C@H]1O. The highest BCUT2D eigenvalue weighted by Gasteiger charge is 2.48. The Morgan fingerprint density at radius 1 is 0.870 bits per heavy atom. The van der Waals surface area contributed by atoms with Crippen molar-refractivity contribution in [3.8, 4) is 17.2 Å². The van der Waals surface area contributed by atoms with Crippen LogP contribution >= 0.6 is 0 Å². The number of carboxylic acid groups (broad SMARTS) is 1. The molecule has 0 aliphatic carbocycles. The topological polar surface area (TPSA) is 292 Å². The number of carbonyl (C=O) groups is 2. The Bertz CT molecular complexity index is 1210. The van der Waals surface area contributed by atoms with Crippen molar-refractivity contribution in [2.45, 2.75) is 86.8 Å². The van der Waals surface area contributed by atoms with E-state index in [1.165, 1.54) is 38.3 Å². The van der Waals surface area contributed by atoms with E-state index in [0.717, 1.165) is 0 Å². The molecule has 2 saturated heterocycles. The first-order chi connectivity index (χ1) is 21.6. The van der Waals surface area contributed by atoms with E-state index in [2.05, 4.69) is 0 Å². The van der Waals surface area contributed by atoms with Crippen molar-refractivity contribution in [3.05, 3.63) is 23.8 Å². The fourth-order valence-electron chi connectivity index (χ4n) is 4.85. The van der Waals surface area contributed by atoms with Crippen LogP contribution in [0.1, 0.15) is 25.3 Å². The van der Waals surface area contributed by atoms with Gasteiger partial charge in [-0.2, -0.15) is 0 Å². The molecule has 260 valence electrons. The molecule has 11 atom stereocenters. The first-order valence-corrected chi connectivity index (χ1v) is 14.0. The zero-order valence-corrected chi connectivity index (χ0v) is 24.9. The summed E-state index contributed by atoms with van der Waals surface area (Å²) in [4.78, 5) is 24.1. The van der Waals surface area contributed by atoms with Gasteiger partial charge in [0.15, 0.2) is 17.8 Å². The molecule has 2 heterocycles. The van der Waals surface area contributed by atoms with Crippen molar-refractivity contribution in [2.24, 2.45) is 0 Å². The number of aliphatic carboxylic acids is 1. The number of benzene rings is 1. The average Bonchev–Trinajstić information content (AvgIpc) is 3.00. The molecule has 0 aromatic heterocycles. The molecular formula is C28H40O18. The molecule has 10 N–H and O–H groups in total. The minimum absolute atomic E-state index is 0.0385. The summed E-state index contributed by atoms with van der Waals surface area (Å²) in [5.41, 5.74) is -1.48. The maximum Gasteiger partial charge on any atom is 0.309 e. The standard InChI is InChI=1S/C28H40O18/c1-28(8-17(32)33,46-27-24(40)22(38)20(36)16(11-30)44-27)9-18(34)42-5-3-4-12-6-13(31)25(14(7-12)41-2)45-26-23(39)21(37)19(35)15(10-29)43-26/h3-4,6-7,15-16,19-24,26-27,29-31,35-40H,5,8-11H2,1-2H3,(H,32,33)/b4-3-/t15-,16-,19-,20-,21+,22+,23-,24-,26+,27+,28?/m1/s1. The van der Waals surface area contributed by atoms with Crippen molar-refractivity contribution in [1.29, 1.82) is 0 Å². The van der Waals surface area contributed by atoms with E-state index in [1.807, 2.05) is 0 Å². The van der Waals surface area contributed by atoms with Crippen molar-refractivity contribution < 1.29 is 89.1 Å². The summed E-state index contributed by atoms with van der Waals surface area (Å²) < 4.78 is 32.0. The van der Waals surface area contributed by atoms with Gasteiger partial charge in [0, 0.05) is 0 Å². The third kappa shape index (κ3) is 9.02. The number of aromatic hydroxyl groups is 1. The van der Waals surface area contributed by atoms with Crippen LogP contribution in [0, 0.1) is 0 Å². The number of ether oxygens (including phenoxy) is 6. The Hall–Kier alpha value is -3.14. The van der Waals surface area contributed by atoms with Crippen LogP contribution in [-0.2, 0) is 28.5 Å². The highest BCUT2D eigenvalue weighted by Crippen LogP contribution is 2.40. The molecule has 0 spiro atoms. The lowest BCUT2D eigenvalue weighted by atomic mass is 9.95. The first kappa shape index (κ1) is 37.3. The van der Waals surface area contributed by atoms with E-state index < -0.39 is 111 Å². The normalized spacial score (nSPS) is 32.9. The molecule has 0 amide bonds. The van der Waals surface area contributed by atoms with Crippen molar-refractivity contribution in [3.63, 3.8) is 0 Å². The van der Waals surface area contributed by atoms with Crippen LogP contribution in [0.2, 0.25) is 0 Å². The Morgan fingerprint density at radius 3 is 1.98 bits per heavy atom. The molecule has 1 aromatic carbocycles. The smallest absolute Gasteiger partial charge is 0.309 e. The molecule has 3 rings (SSSR count). The summed E-state index contributed by atoms with van der Waals surface area (Å²) >= 11 is 0. The summed E-state index contributed by atoms with van der Waals surface area (Å²) in [6, 6.07) is 2.62. The highest BCUT2D eigenvalue weighted by molar-refractivity contribution is 5.74. The molecule has 18 nitrogen and oxygen atoms in total. The van der Waals surface area contributed by atoms with Gasteiger partial charge in [0.2, 0.25) is 12.0 Å². The van der Waals surface area contributed by atoms with Crippen LogP contribution in [0.3, 0.4) is 0 Å². The van der Waals surface area contributed by atoms with Gasteiger partial charge < -0.3 is 79.5 Å². The number of rotatable bonds is 14. The number of esters is 1. The Morgan fingerprint density at radius 2 is 1.43 bits per heavy atom. The summed E-state index contributed by atoms with van der Waals surface area (Å²) in [7, 11) is 1.25. The molecule has 2 aliphatic heterocycles. The van der Waals surface area contributed by atoms with Gasteiger partial charge in [-0.1, -0.05) is 6.08 Å². The number of phenolic OH excluding ortho intramolecular Hbond substituents is 1. The molecular weight excluding hydrogens is 624 g/mol. The van der Waals surface area contributed by atoms with Crippen LogP contribution in [0.4, 0.5) is 0 Å². The zero-order chi connectivity index (χ0) is 34.3. The number of phenols is 1. The maximum atomic E-state index is 12.6. The van der Waals surface area contributed by atoms with Crippen molar-refractivity contribution in [1.82, 2.24) is 0 Å². The fraction of sp³-hybridized carbons (Fsp3) is 0.643. The number of hydrogen-bond donors (Lipinski definition) is 10. The number of carbonyl (C=O) groups excluding carboxylic acids is 1. The van der Waals surface area contributed by atoms with Crippen LogP contribution in [0.15, 0.2) is 18.2 Å². The molecule has 1 aromatic rings. The van der Waals surface area contributed by atoms with Gasteiger partial charge in [0.25, 0.3) is 0 Å². The second-order valence-corrected chi connectivity index (χ2v) is 11.0. The van der Waals surface area contributed by atoms with Crippen molar-refractivity contribution in [2.75, 3.05) is 26.9 Å². The van der Waals surface area contributed by atoms with E-state index in [1.54, 1.807) is 0 Å². The lowest BCUT2D eigenvalue weighted by Crippen LogP contribution is -2.60. The molecule has 0 bridgehead atoms. The van der Waals surface area contributed by atoms with Crippen molar-refractivity contribution >= 4 is 18.0 Å². The number of aliphatic hydroxyl groups excluding tert-OH is 8. The predicted octanol–water partition coefficient (Wildman–Crippen LogP) is -3.42. The minimum Gasteiger partial charge on any atom is -0.504 e. The third-order valence-corrected chi connectivity index (χ3v) is 7.30. The summed E-state index contributed by atoms with van der Waals surface area (Å²) in [5, 5.41) is 99.0. The van der Waals surface area contributed by atoms with Crippen LogP contribution in [0.5, 0.6) is 17.2 Å². The minimum atomic E-state index is -1.83. The third-order valence-electron chi connectivity index (χ3n) is 7.30. The number of hydrogen-bond acceptors (Lipinski definition) is 17. The second kappa shape index (κ2) is 16.1. The van der Waals surface area contributed by atoms with E-state index >= 15 is 0 Å². The summed E-state index contributed by atoms with van der Waals surface area (Å²) in [6.07, 6.45) is -14.8. The maximum absolute atomic E-state index is 12.6. The van der Waals surface area contributed by atoms with Gasteiger partial charge in [-0.15, -0.1) is 0 Å². The molecule has 2 aliphatic rings. The van der Waals surface area contributed by atoms with Gasteiger partial charge in [0.1, 0.15) is 55.4 Å². The number of methoxy groups -OCH3 is 1. The van der Waals surface area contributed by atoms with E-state index in [4.69, 9.17) is 28.4 Å². The van der Waals surface area contributed by atoms with Gasteiger partial charge in [0.05, 0.1) is 38.8 Å². The predicted molar refractivity (Wildman–Crippen MR) is 149 cm³/mol. The molecule has 0 radical (unpaired) electrons. The van der Waals surface area contributed by atoms with Gasteiger partial charge in [-0.05, 0) is 30.7 Å². The Balaban J connectivity index is 1.63. The highest BCUT2D eigenvalue weighted by atomic mass is 16.7. The zero-order valence-electron chi connectivity index (χ0n) is 24.9. The lowest BCUT2D eigenvalue weighted by Gasteiger charge is -2.42. The molecule has 46 heavy (non-hydrogen) atoms. The second-order valence-electron chi connectivity index (χ2n) is 11.0. The van der Waals surface area contributed by atoms with Crippen LogP contribution < -0.4 is 9.47 Å². The molecule has 18 heteroatoms. The van der Waals surface area contributed by atoms with Crippen LogP contribution in [-0.4, -0.2) is 157 Å². The molecule has 1 unspecified atom stereocenters. The quantitative estimate of drug-likeness (QED) is 0.0866. The Kier molecular flexibility index (Phi) is 13.1.